The van der Waals surface area contributed by atoms with Gasteiger partial charge in [-0.15, -0.1) is 13.2 Å². The van der Waals surface area contributed by atoms with Gasteiger partial charge >= 0.3 is 12.5 Å². The molecule has 0 spiro atoms. The largest absolute Gasteiger partial charge is 0.573 e. The van der Waals surface area contributed by atoms with Crippen LogP contribution in [0.4, 0.5) is 43.8 Å². The fourth-order valence-electron chi connectivity index (χ4n) is 2.83. The van der Waals surface area contributed by atoms with Crippen molar-refractivity contribution in [2.75, 3.05) is 10.6 Å². The highest BCUT2D eigenvalue weighted by atomic mass is 79.9. The normalized spacial score (nSPS) is 12.9. The first-order chi connectivity index (χ1) is 15.8. The molecular formula is C22H19BrF6N4O. The highest BCUT2D eigenvalue weighted by Gasteiger charge is 2.32. The number of halogens is 7. The summed E-state index contributed by atoms with van der Waals surface area (Å²) in [5.41, 5.74) is 0.0834. The number of benzene rings is 2. The van der Waals surface area contributed by atoms with E-state index in [1.807, 2.05) is 13.8 Å². The molecule has 0 radical (unpaired) electrons. The van der Waals surface area contributed by atoms with Crippen LogP contribution in [0.5, 0.6) is 5.75 Å². The molecule has 1 aromatic heterocycles. The van der Waals surface area contributed by atoms with Crippen LogP contribution in [0.15, 0.2) is 53.0 Å². The van der Waals surface area contributed by atoms with Crippen molar-refractivity contribution in [3.63, 3.8) is 0 Å². The molecule has 1 atom stereocenters. The molecule has 0 saturated heterocycles. The third-order valence-electron chi connectivity index (χ3n) is 4.64. The van der Waals surface area contributed by atoms with E-state index in [2.05, 4.69) is 41.3 Å². The molecule has 2 N–H and O–H groups in total. The summed E-state index contributed by atoms with van der Waals surface area (Å²) in [6.45, 7) is 3.84. The van der Waals surface area contributed by atoms with Gasteiger partial charge < -0.3 is 15.4 Å². The van der Waals surface area contributed by atoms with Crippen molar-refractivity contribution in [2.45, 2.75) is 38.8 Å². The molecule has 182 valence electrons. The van der Waals surface area contributed by atoms with Crippen molar-refractivity contribution < 1.29 is 31.1 Å². The van der Waals surface area contributed by atoms with E-state index in [0.717, 1.165) is 24.6 Å². The lowest BCUT2D eigenvalue weighted by Crippen LogP contribution is -2.17. The molecule has 34 heavy (non-hydrogen) atoms. The Morgan fingerprint density at radius 3 is 2.35 bits per heavy atom. The van der Waals surface area contributed by atoms with Crippen LogP contribution in [0.3, 0.4) is 0 Å². The fraction of sp³-hybridized carbons (Fsp3) is 0.273. The van der Waals surface area contributed by atoms with E-state index in [-0.39, 0.29) is 28.0 Å². The van der Waals surface area contributed by atoms with Gasteiger partial charge in [-0.2, -0.15) is 18.2 Å². The first kappa shape index (κ1) is 25.6. The van der Waals surface area contributed by atoms with Gasteiger partial charge in [-0.05, 0) is 59.6 Å². The number of hydrogen-bond acceptors (Lipinski definition) is 5. The van der Waals surface area contributed by atoms with E-state index >= 15 is 0 Å². The van der Waals surface area contributed by atoms with Gasteiger partial charge in [-0.3, -0.25) is 0 Å². The van der Waals surface area contributed by atoms with Crippen molar-refractivity contribution in [3.05, 3.63) is 58.6 Å². The Morgan fingerprint density at radius 2 is 1.74 bits per heavy atom. The van der Waals surface area contributed by atoms with Gasteiger partial charge in [-0.25, -0.2) is 4.98 Å². The molecule has 3 rings (SSSR count). The van der Waals surface area contributed by atoms with Gasteiger partial charge in [0.1, 0.15) is 11.6 Å². The molecule has 0 bridgehead atoms. The number of nitrogens with zero attached hydrogens (tertiary/aromatic N) is 2. The maximum absolute atomic E-state index is 13.0. The van der Waals surface area contributed by atoms with Gasteiger partial charge in [0.2, 0.25) is 5.95 Å². The zero-order chi connectivity index (χ0) is 25.1. The van der Waals surface area contributed by atoms with E-state index in [1.54, 1.807) is 6.07 Å². The van der Waals surface area contributed by atoms with E-state index in [1.165, 1.54) is 24.3 Å². The van der Waals surface area contributed by atoms with Crippen molar-refractivity contribution in [1.29, 1.82) is 0 Å². The SMILES string of the molecule is CC[C@@H](C)Nc1nc(Nc2ccc(C(F)(F)F)cc2Br)cc(-c2cccc(OC(F)(F)F)c2)n1. The number of alkyl halides is 6. The zero-order valence-corrected chi connectivity index (χ0v) is 19.4. The molecule has 1 heterocycles. The monoisotopic (exact) mass is 548 g/mol. The number of nitrogens with one attached hydrogen (secondary N) is 2. The summed E-state index contributed by atoms with van der Waals surface area (Å²) < 4.78 is 80.9. The first-order valence-corrected chi connectivity index (χ1v) is 10.8. The van der Waals surface area contributed by atoms with Crippen LogP contribution in [0, 0.1) is 0 Å². The van der Waals surface area contributed by atoms with E-state index in [0.29, 0.717) is 11.3 Å². The molecule has 0 aliphatic rings. The van der Waals surface area contributed by atoms with Gasteiger partial charge in [0, 0.05) is 22.1 Å². The van der Waals surface area contributed by atoms with E-state index in [4.69, 9.17) is 0 Å². The Kier molecular flexibility index (Phi) is 7.59. The smallest absolute Gasteiger partial charge is 0.406 e. The third kappa shape index (κ3) is 6.99. The van der Waals surface area contributed by atoms with Crippen LogP contribution in [-0.2, 0) is 6.18 Å². The summed E-state index contributed by atoms with van der Waals surface area (Å²) in [7, 11) is 0. The molecule has 5 nitrogen and oxygen atoms in total. The number of aromatic nitrogens is 2. The maximum Gasteiger partial charge on any atom is 0.573 e. The topological polar surface area (TPSA) is 59.1 Å². The van der Waals surface area contributed by atoms with Crippen LogP contribution in [-0.4, -0.2) is 22.4 Å². The quantitative estimate of drug-likeness (QED) is 0.295. The second-order valence-corrected chi connectivity index (χ2v) is 8.16. The van der Waals surface area contributed by atoms with Crippen LogP contribution in [0.1, 0.15) is 25.8 Å². The maximum atomic E-state index is 13.0. The average molecular weight is 549 g/mol. The lowest BCUT2D eigenvalue weighted by molar-refractivity contribution is -0.274. The minimum Gasteiger partial charge on any atom is -0.406 e. The standard InChI is InChI=1S/C22H19BrF6N4O/c1-3-12(2)30-20-32-18(13-5-4-6-15(9-13)34-22(27,28)29)11-19(33-20)31-17-8-7-14(10-16(17)23)21(24,25)26/h4-12H,3H2,1-2H3,(H2,30,31,32,33)/t12-/m1/s1. The lowest BCUT2D eigenvalue weighted by atomic mass is 10.1. The second-order valence-electron chi connectivity index (χ2n) is 7.31. The average Bonchev–Trinajstić information content (AvgIpc) is 2.73. The van der Waals surface area contributed by atoms with Gasteiger partial charge in [-0.1, -0.05) is 19.1 Å². The van der Waals surface area contributed by atoms with Crippen molar-refractivity contribution in [1.82, 2.24) is 9.97 Å². The van der Waals surface area contributed by atoms with Crippen LogP contribution < -0.4 is 15.4 Å². The summed E-state index contributed by atoms with van der Waals surface area (Å²) in [6, 6.07) is 9.84. The molecule has 12 heteroatoms. The first-order valence-electron chi connectivity index (χ1n) is 9.99. The predicted molar refractivity (Wildman–Crippen MR) is 120 cm³/mol. The van der Waals surface area contributed by atoms with E-state index < -0.39 is 23.9 Å². The molecule has 0 saturated carbocycles. The molecule has 0 aliphatic heterocycles. The summed E-state index contributed by atoms with van der Waals surface area (Å²) in [5.74, 6) is -0.00188. The summed E-state index contributed by atoms with van der Waals surface area (Å²) >= 11 is 3.12. The molecule has 0 fully saturated rings. The number of rotatable bonds is 7. The van der Waals surface area contributed by atoms with Crippen molar-refractivity contribution >= 4 is 33.4 Å². The predicted octanol–water partition coefficient (Wildman–Crippen LogP) is 7.78. The van der Waals surface area contributed by atoms with Crippen LogP contribution in [0.2, 0.25) is 0 Å². The van der Waals surface area contributed by atoms with Gasteiger partial charge in [0.15, 0.2) is 0 Å². The van der Waals surface area contributed by atoms with Gasteiger partial charge in [0.05, 0.1) is 16.9 Å². The Hall–Kier alpha value is -3.02. The van der Waals surface area contributed by atoms with Crippen LogP contribution in [0.25, 0.3) is 11.3 Å². The molecule has 2 aromatic carbocycles. The highest BCUT2D eigenvalue weighted by Crippen LogP contribution is 2.35. The fourth-order valence-corrected chi connectivity index (χ4v) is 3.31. The number of anilines is 3. The molecule has 3 aromatic rings. The number of ether oxygens (including phenoxy) is 1. The Balaban J connectivity index is 2.00. The van der Waals surface area contributed by atoms with Crippen molar-refractivity contribution in [3.8, 4) is 17.0 Å². The summed E-state index contributed by atoms with van der Waals surface area (Å²) in [5, 5.41) is 6.02. The van der Waals surface area contributed by atoms with Crippen molar-refractivity contribution in [2.24, 2.45) is 0 Å². The summed E-state index contributed by atoms with van der Waals surface area (Å²) in [6.07, 6.45) is -8.61. The molecule has 0 aliphatic carbocycles. The van der Waals surface area contributed by atoms with E-state index in [9.17, 15) is 26.3 Å². The van der Waals surface area contributed by atoms with Gasteiger partial charge in [0.25, 0.3) is 0 Å². The number of hydrogen-bond donors (Lipinski definition) is 2. The lowest BCUT2D eigenvalue weighted by Gasteiger charge is -2.16. The molecule has 0 unspecified atom stereocenters. The Morgan fingerprint density at radius 1 is 1.00 bits per heavy atom. The minimum absolute atomic E-state index is 0.0131. The zero-order valence-electron chi connectivity index (χ0n) is 17.9. The van der Waals surface area contributed by atoms with Crippen LogP contribution >= 0.6 is 15.9 Å². The Labute approximate surface area is 199 Å². The third-order valence-corrected chi connectivity index (χ3v) is 5.29. The summed E-state index contributed by atoms with van der Waals surface area (Å²) in [4.78, 5) is 8.73. The second kappa shape index (κ2) is 10.1. The minimum atomic E-state index is -4.85. The highest BCUT2D eigenvalue weighted by molar-refractivity contribution is 9.10. The molecule has 0 amide bonds. The Bertz CT molecular complexity index is 1150. The molecular weight excluding hydrogens is 530 g/mol.